The normalized spacial score (nSPS) is 30.6. The number of rotatable bonds is 3. The van der Waals surface area contributed by atoms with E-state index in [4.69, 9.17) is 5.26 Å². The minimum Gasteiger partial charge on any atom is -0.212 e. The van der Waals surface area contributed by atoms with Gasteiger partial charge in [0.25, 0.3) is 0 Å². The molecule has 0 aliphatic heterocycles. The fourth-order valence-electron chi connectivity index (χ4n) is 3.63. The van der Waals surface area contributed by atoms with Gasteiger partial charge >= 0.3 is 0 Å². The van der Waals surface area contributed by atoms with Gasteiger partial charge in [0, 0.05) is 11.5 Å². The second-order valence-corrected chi connectivity index (χ2v) is 10.0. The SMILES string of the molecule is CC(C)(C)S(=O)(=O)N[C@@H]1CC[C@@]2(c3ccc(C#N)cc3)C[C@@H]12. The van der Waals surface area contributed by atoms with E-state index in [1.165, 1.54) is 5.56 Å². The first kappa shape index (κ1) is 15.5. The molecule has 2 fully saturated rings. The molecule has 1 aromatic carbocycles. The highest BCUT2D eigenvalue weighted by molar-refractivity contribution is 7.90. The Kier molecular flexibility index (Phi) is 3.39. The van der Waals surface area contributed by atoms with Crippen molar-refractivity contribution in [2.45, 2.75) is 56.2 Å². The summed E-state index contributed by atoms with van der Waals surface area (Å²) < 4.78 is 26.8. The first-order valence-corrected chi connectivity index (χ1v) is 9.20. The largest absolute Gasteiger partial charge is 0.216 e. The van der Waals surface area contributed by atoms with Crippen LogP contribution in [-0.4, -0.2) is 19.2 Å². The minimum absolute atomic E-state index is 0.0415. The van der Waals surface area contributed by atoms with Gasteiger partial charge in [-0.15, -0.1) is 0 Å². The lowest BCUT2D eigenvalue weighted by molar-refractivity contribution is 0.500. The van der Waals surface area contributed by atoms with Gasteiger partial charge in [-0.1, -0.05) is 12.1 Å². The van der Waals surface area contributed by atoms with Gasteiger partial charge in [0.05, 0.1) is 16.4 Å². The third-order valence-corrected chi connectivity index (χ3v) is 7.45. The molecule has 22 heavy (non-hydrogen) atoms. The smallest absolute Gasteiger partial charge is 0.212 e. The Morgan fingerprint density at radius 2 is 1.91 bits per heavy atom. The standard InChI is InChI=1S/C17H22N2O2S/c1-16(2,3)22(20,21)19-15-8-9-17(10-14(15)17)13-6-4-12(11-18)5-7-13/h4-7,14-15,19H,8-10H2,1-3H3/t14-,15+,17-/m0/s1. The van der Waals surface area contributed by atoms with Crippen LogP contribution in [-0.2, 0) is 15.4 Å². The van der Waals surface area contributed by atoms with Crippen molar-refractivity contribution in [2.75, 3.05) is 0 Å². The maximum absolute atomic E-state index is 12.3. The molecule has 1 aromatic rings. The van der Waals surface area contributed by atoms with Crippen molar-refractivity contribution >= 4 is 10.0 Å². The molecule has 0 aromatic heterocycles. The van der Waals surface area contributed by atoms with Gasteiger partial charge in [0.1, 0.15) is 0 Å². The van der Waals surface area contributed by atoms with E-state index in [0.717, 1.165) is 19.3 Å². The van der Waals surface area contributed by atoms with E-state index in [-0.39, 0.29) is 11.5 Å². The number of hydrogen-bond acceptors (Lipinski definition) is 3. The number of nitriles is 1. The quantitative estimate of drug-likeness (QED) is 0.931. The lowest BCUT2D eigenvalue weighted by Gasteiger charge is -2.23. The highest BCUT2D eigenvalue weighted by Gasteiger charge is 2.63. The molecule has 118 valence electrons. The molecule has 0 radical (unpaired) electrons. The lowest BCUT2D eigenvalue weighted by Crippen LogP contribution is -2.44. The van der Waals surface area contributed by atoms with Gasteiger partial charge < -0.3 is 0 Å². The number of nitrogens with zero attached hydrogens (tertiary/aromatic N) is 1. The third kappa shape index (κ3) is 2.35. The van der Waals surface area contributed by atoms with Crippen molar-refractivity contribution in [3.63, 3.8) is 0 Å². The average Bonchev–Trinajstić information content (AvgIpc) is 3.10. The first-order valence-electron chi connectivity index (χ1n) is 7.72. The van der Waals surface area contributed by atoms with Crippen LogP contribution < -0.4 is 4.72 Å². The van der Waals surface area contributed by atoms with Crippen LogP contribution in [0, 0.1) is 17.2 Å². The van der Waals surface area contributed by atoms with Gasteiger partial charge in [0.15, 0.2) is 0 Å². The van der Waals surface area contributed by atoms with Crippen LogP contribution in [0.15, 0.2) is 24.3 Å². The van der Waals surface area contributed by atoms with E-state index in [1.807, 2.05) is 24.3 Å². The van der Waals surface area contributed by atoms with Gasteiger partial charge in [-0.2, -0.15) is 5.26 Å². The van der Waals surface area contributed by atoms with Crippen LogP contribution in [0.4, 0.5) is 0 Å². The lowest BCUT2D eigenvalue weighted by atomic mass is 9.93. The molecular formula is C17H22N2O2S. The second-order valence-electron chi connectivity index (χ2n) is 7.53. The Morgan fingerprint density at radius 1 is 1.27 bits per heavy atom. The van der Waals surface area contributed by atoms with Crippen molar-refractivity contribution < 1.29 is 8.42 Å². The molecule has 0 unspecified atom stereocenters. The summed E-state index contributed by atoms with van der Waals surface area (Å²) in [5, 5.41) is 8.89. The minimum atomic E-state index is -3.30. The Labute approximate surface area is 132 Å². The zero-order valence-electron chi connectivity index (χ0n) is 13.3. The molecule has 1 N–H and O–H groups in total. The zero-order valence-corrected chi connectivity index (χ0v) is 14.1. The van der Waals surface area contributed by atoms with Crippen molar-refractivity contribution in [1.82, 2.24) is 4.72 Å². The van der Waals surface area contributed by atoms with E-state index >= 15 is 0 Å². The van der Waals surface area contributed by atoms with Gasteiger partial charge in [-0.25, -0.2) is 13.1 Å². The molecule has 2 aliphatic rings. The van der Waals surface area contributed by atoms with Gasteiger partial charge in [-0.05, 0) is 63.6 Å². The molecule has 3 atom stereocenters. The van der Waals surface area contributed by atoms with E-state index in [2.05, 4.69) is 10.8 Å². The molecule has 2 aliphatic carbocycles. The Morgan fingerprint density at radius 3 is 2.41 bits per heavy atom. The number of nitrogens with one attached hydrogen (secondary N) is 1. The van der Waals surface area contributed by atoms with E-state index in [1.54, 1.807) is 20.8 Å². The maximum Gasteiger partial charge on any atom is 0.216 e. The topological polar surface area (TPSA) is 70.0 Å². The summed E-state index contributed by atoms with van der Waals surface area (Å²) >= 11 is 0. The molecule has 0 spiro atoms. The Balaban J connectivity index is 1.76. The molecule has 0 bridgehead atoms. The molecular weight excluding hydrogens is 296 g/mol. The fourth-order valence-corrected chi connectivity index (χ4v) is 4.67. The van der Waals surface area contributed by atoms with Crippen molar-refractivity contribution in [3.8, 4) is 6.07 Å². The number of sulfonamides is 1. The zero-order chi connectivity index (χ0) is 16.2. The molecule has 2 saturated carbocycles. The number of benzene rings is 1. The van der Waals surface area contributed by atoms with Crippen LogP contribution in [0.3, 0.4) is 0 Å². The second kappa shape index (κ2) is 4.81. The molecule has 3 rings (SSSR count). The summed E-state index contributed by atoms with van der Waals surface area (Å²) in [7, 11) is -3.30. The summed E-state index contributed by atoms with van der Waals surface area (Å²) in [5.74, 6) is 0.387. The Bertz CT molecular complexity index is 725. The van der Waals surface area contributed by atoms with E-state index in [0.29, 0.717) is 11.5 Å². The summed E-state index contributed by atoms with van der Waals surface area (Å²) in [6, 6.07) is 9.94. The van der Waals surface area contributed by atoms with Crippen molar-refractivity contribution in [3.05, 3.63) is 35.4 Å². The average molecular weight is 318 g/mol. The van der Waals surface area contributed by atoms with Crippen LogP contribution in [0.25, 0.3) is 0 Å². The summed E-state index contributed by atoms with van der Waals surface area (Å²) in [6.45, 7) is 5.18. The van der Waals surface area contributed by atoms with Crippen molar-refractivity contribution in [1.29, 1.82) is 5.26 Å². The molecule has 0 amide bonds. The van der Waals surface area contributed by atoms with Gasteiger partial charge in [0.2, 0.25) is 10.0 Å². The molecule has 5 heteroatoms. The predicted molar refractivity (Wildman–Crippen MR) is 85.8 cm³/mol. The van der Waals surface area contributed by atoms with Gasteiger partial charge in [-0.3, -0.25) is 0 Å². The highest BCUT2D eigenvalue weighted by Crippen LogP contribution is 2.64. The molecule has 0 heterocycles. The number of hydrogen-bond donors (Lipinski definition) is 1. The monoisotopic (exact) mass is 318 g/mol. The predicted octanol–water partition coefficient (Wildman–Crippen LogP) is 2.70. The van der Waals surface area contributed by atoms with Crippen LogP contribution in [0.5, 0.6) is 0 Å². The van der Waals surface area contributed by atoms with Crippen molar-refractivity contribution in [2.24, 2.45) is 5.92 Å². The third-order valence-electron chi connectivity index (χ3n) is 5.22. The summed E-state index contributed by atoms with van der Waals surface area (Å²) in [6.07, 6.45) is 2.94. The van der Waals surface area contributed by atoms with Crippen LogP contribution in [0.2, 0.25) is 0 Å². The van der Waals surface area contributed by atoms with E-state index < -0.39 is 14.8 Å². The van der Waals surface area contributed by atoms with Crippen LogP contribution in [0.1, 0.15) is 51.2 Å². The summed E-state index contributed by atoms with van der Waals surface area (Å²) in [5.41, 5.74) is 2.04. The number of fused-ring (bicyclic) bond motifs is 1. The Hall–Kier alpha value is -1.38. The highest BCUT2D eigenvalue weighted by atomic mass is 32.2. The first-order chi connectivity index (χ1) is 10.2. The van der Waals surface area contributed by atoms with E-state index in [9.17, 15) is 8.42 Å². The molecule has 0 saturated heterocycles. The fraction of sp³-hybridized carbons (Fsp3) is 0.588. The maximum atomic E-state index is 12.3. The summed E-state index contributed by atoms with van der Waals surface area (Å²) in [4.78, 5) is 0. The van der Waals surface area contributed by atoms with Crippen LogP contribution >= 0.6 is 0 Å². The molecule has 4 nitrogen and oxygen atoms in total.